The van der Waals surface area contributed by atoms with Crippen molar-refractivity contribution < 1.29 is 14.7 Å². The van der Waals surface area contributed by atoms with E-state index in [1.807, 2.05) is 0 Å². The predicted octanol–water partition coefficient (Wildman–Crippen LogP) is 2.28. The van der Waals surface area contributed by atoms with Crippen LogP contribution >= 0.6 is 0 Å². The Balaban J connectivity index is 2.37. The number of rotatable bonds is 3. The Hall–Kier alpha value is -1.84. The van der Waals surface area contributed by atoms with E-state index in [0.717, 1.165) is 19.3 Å². The SMILES string of the molecule is Cc1ccc(C)c(C(=O)NC2CCC2)c1C(=O)O. The number of benzene rings is 1. The van der Waals surface area contributed by atoms with Crippen molar-refractivity contribution in [3.05, 3.63) is 34.4 Å². The average Bonchev–Trinajstić information content (AvgIpc) is 2.25. The molecule has 4 nitrogen and oxygen atoms in total. The third-order valence-corrected chi connectivity index (χ3v) is 3.50. The quantitative estimate of drug-likeness (QED) is 0.861. The lowest BCUT2D eigenvalue weighted by molar-refractivity contribution is 0.0688. The third-order valence-electron chi connectivity index (χ3n) is 3.50. The Bertz CT molecular complexity index is 504. The van der Waals surface area contributed by atoms with Gasteiger partial charge < -0.3 is 10.4 Å². The summed E-state index contributed by atoms with van der Waals surface area (Å²) in [5.74, 6) is -1.31. The van der Waals surface area contributed by atoms with Crippen LogP contribution in [-0.2, 0) is 0 Å². The summed E-state index contributed by atoms with van der Waals surface area (Å²) >= 11 is 0. The van der Waals surface area contributed by atoms with Crippen molar-refractivity contribution in [2.45, 2.75) is 39.2 Å². The number of carboxylic acids is 1. The number of carbonyl (C=O) groups is 2. The summed E-state index contributed by atoms with van der Waals surface area (Å²) in [6.45, 7) is 3.48. The van der Waals surface area contributed by atoms with Crippen LogP contribution in [0.15, 0.2) is 12.1 Å². The molecule has 18 heavy (non-hydrogen) atoms. The van der Waals surface area contributed by atoms with Crippen molar-refractivity contribution in [3.8, 4) is 0 Å². The minimum Gasteiger partial charge on any atom is -0.478 e. The summed E-state index contributed by atoms with van der Waals surface area (Å²) in [5.41, 5.74) is 1.74. The highest BCUT2D eigenvalue weighted by molar-refractivity contribution is 6.06. The van der Waals surface area contributed by atoms with E-state index in [1.54, 1.807) is 26.0 Å². The zero-order valence-corrected chi connectivity index (χ0v) is 10.6. The van der Waals surface area contributed by atoms with Crippen molar-refractivity contribution in [2.75, 3.05) is 0 Å². The maximum Gasteiger partial charge on any atom is 0.336 e. The van der Waals surface area contributed by atoms with E-state index < -0.39 is 5.97 Å². The van der Waals surface area contributed by atoms with E-state index in [4.69, 9.17) is 0 Å². The number of aryl methyl sites for hydroxylation is 2. The van der Waals surface area contributed by atoms with E-state index in [1.165, 1.54) is 0 Å². The Labute approximate surface area is 106 Å². The molecule has 2 N–H and O–H groups in total. The van der Waals surface area contributed by atoms with Crippen LogP contribution in [0.2, 0.25) is 0 Å². The van der Waals surface area contributed by atoms with Crippen molar-refractivity contribution in [1.82, 2.24) is 5.32 Å². The van der Waals surface area contributed by atoms with Crippen LogP contribution in [0.1, 0.15) is 51.1 Å². The molecule has 1 aromatic carbocycles. The Morgan fingerprint density at radius 2 is 1.72 bits per heavy atom. The number of hydrogen-bond acceptors (Lipinski definition) is 2. The molecule has 0 aromatic heterocycles. The summed E-state index contributed by atoms with van der Waals surface area (Å²) in [6.07, 6.45) is 3.10. The summed E-state index contributed by atoms with van der Waals surface area (Å²) in [4.78, 5) is 23.5. The van der Waals surface area contributed by atoms with Crippen LogP contribution in [0.5, 0.6) is 0 Å². The second-order valence-corrected chi connectivity index (χ2v) is 4.86. The zero-order valence-electron chi connectivity index (χ0n) is 10.6. The standard InChI is InChI=1S/C14H17NO3/c1-8-6-7-9(2)12(14(17)18)11(8)13(16)15-10-4-3-5-10/h6-7,10H,3-5H2,1-2H3,(H,15,16)(H,17,18). The zero-order chi connectivity index (χ0) is 13.3. The number of amides is 1. The first-order chi connectivity index (χ1) is 8.50. The lowest BCUT2D eigenvalue weighted by Gasteiger charge is -2.27. The second-order valence-electron chi connectivity index (χ2n) is 4.86. The number of nitrogens with one attached hydrogen (secondary N) is 1. The number of hydrogen-bond donors (Lipinski definition) is 2. The molecule has 0 heterocycles. The molecule has 1 amide bonds. The smallest absolute Gasteiger partial charge is 0.336 e. The van der Waals surface area contributed by atoms with Gasteiger partial charge in [0.25, 0.3) is 5.91 Å². The molecule has 0 aliphatic heterocycles. The molecule has 4 heteroatoms. The van der Waals surface area contributed by atoms with Crippen LogP contribution in [0.25, 0.3) is 0 Å². The van der Waals surface area contributed by atoms with Crippen molar-refractivity contribution in [3.63, 3.8) is 0 Å². The topological polar surface area (TPSA) is 66.4 Å². The Kier molecular flexibility index (Phi) is 3.36. The molecule has 1 aliphatic carbocycles. The Morgan fingerprint density at radius 3 is 2.17 bits per heavy atom. The van der Waals surface area contributed by atoms with Gasteiger partial charge in [-0.15, -0.1) is 0 Å². The van der Waals surface area contributed by atoms with Crippen LogP contribution in [0.4, 0.5) is 0 Å². The molecule has 0 unspecified atom stereocenters. The van der Waals surface area contributed by atoms with Crippen molar-refractivity contribution in [1.29, 1.82) is 0 Å². The van der Waals surface area contributed by atoms with Crippen LogP contribution in [-0.4, -0.2) is 23.0 Å². The number of aromatic carboxylic acids is 1. The summed E-state index contributed by atoms with van der Waals surface area (Å²) in [6, 6.07) is 3.73. The largest absolute Gasteiger partial charge is 0.478 e. The molecular formula is C14H17NO3. The highest BCUT2D eigenvalue weighted by atomic mass is 16.4. The highest BCUT2D eigenvalue weighted by Crippen LogP contribution is 2.22. The minimum atomic E-state index is -1.05. The molecule has 1 saturated carbocycles. The van der Waals surface area contributed by atoms with Gasteiger partial charge in [0, 0.05) is 6.04 Å². The third kappa shape index (κ3) is 2.23. The van der Waals surface area contributed by atoms with E-state index in [2.05, 4.69) is 5.32 Å². The first kappa shape index (κ1) is 12.6. The van der Waals surface area contributed by atoms with Gasteiger partial charge in [0.15, 0.2) is 0 Å². The van der Waals surface area contributed by atoms with Crippen LogP contribution in [0.3, 0.4) is 0 Å². The fraction of sp³-hybridized carbons (Fsp3) is 0.429. The van der Waals surface area contributed by atoms with Gasteiger partial charge in [0.05, 0.1) is 11.1 Å². The summed E-state index contributed by atoms with van der Waals surface area (Å²) in [7, 11) is 0. The molecule has 0 spiro atoms. The van der Waals surface area contributed by atoms with Gasteiger partial charge in [-0.1, -0.05) is 12.1 Å². The molecule has 96 valence electrons. The first-order valence-corrected chi connectivity index (χ1v) is 6.15. The molecule has 2 rings (SSSR count). The van der Waals surface area contributed by atoms with E-state index in [-0.39, 0.29) is 17.5 Å². The predicted molar refractivity (Wildman–Crippen MR) is 68.0 cm³/mol. The van der Waals surface area contributed by atoms with Gasteiger partial charge >= 0.3 is 5.97 Å². The van der Waals surface area contributed by atoms with E-state index in [9.17, 15) is 14.7 Å². The second kappa shape index (κ2) is 4.80. The van der Waals surface area contributed by atoms with Gasteiger partial charge in [-0.05, 0) is 44.2 Å². The van der Waals surface area contributed by atoms with E-state index in [0.29, 0.717) is 16.7 Å². The molecule has 0 saturated heterocycles. The highest BCUT2D eigenvalue weighted by Gasteiger charge is 2.25. The van der Waals surface area contributed by atoms with Crippen LogP contribution < -0.4 is 5.32 Å². The average molecular weight is 247 g/mol. The van der Waals surface area contributed by atoms with Gasteiger partial charge in [-0.3, -0.25) is 4.79 Å². The van der Waals surface area contributed by atoms with Crippen molar-refractivity contribution in [2.24, 2.45) is 0 Å². The number of carboxylic acid groups (broad SMARTS) is 1. The Morgan fingerprint density at radius 1 is 1.17 bits per heavy atom. The first-order valence-electron chi connectivity index (χ1n) is 6.15. The lowest BCUT2D eigenvalue weighted by Crippen LogP contribution is -2.40. The fourth-order valence-corrected chi connectivity index (χ4v) is 2.19. The van der Waals surface area contributed by atoms with Crippen molar-refractivity contribution >= 4 is 11.9 Å². The summed E-state index contributed by atoms with van der Waals surface area (Å²) in [5, 5.41) is 12.1. The fourth-order valence-electron chi connectivity index (χ4n) is 2.19. The molecule has 0 radical (unpaired) electrons. The monoisotopic (exact) mass is 247 g/mol. The molecule has 0 atom stereocenters. The number of carbonyl (C=O) groups excluding carboxylic acids is 1. The molecule has 1 fully saturated rings. The molecule has 1 aromatic rings. The molecular weight excluding hydrogens is 230 g/mol. The normalized spacial score (nSPS) is 15.0. The van der Waals surface area contributed by atoms with Crippen LogP contribution in [0, 0.1) is 13.8 Å². The van der Waals surface area contributed by atoms with Gasteiger partial charge in [-0.2, -0.15) is 0 Å². The van der Waals surface area contributed by atoms with E-state index >= 15 is 0 Å². The molecule has 1 aliphatic rings. The lowest BCUT2D eigenvalue weighted by atomic mass is 9.91. The molecule has 0 bridgehead atoms. The maximum atomic E-state index is 12.2. The summed E-state index contributed by atoms with van der Waals surface area (Å²) < 4.78 is 0. The van der Waals surface area contributed by atoms with Gasteiger partial charge in [0.2, 0.25) is 0 Å². The minimum absolute atomic E-state index is 0.117. The van der Waals surface area contributed by atoms with Gasteiger partial charge in [0.1, 0.15) is 0 Å². The maximum absolute atomic E-state index is 12.2. The van der Waals surface area contributed by atoms with Gasteiger partial charge in [-0.25, -0.2) is 4.79 Å².